The number of methoxy groups -OCH3 is 2. The fourth-order valence-corrected chi connectivity index (χ4v) is 1.93. The number of hydrogen-bond donors (Lipinski definition) is 0. The minimum atomic E-state index is -0.339. The van der Waals surface area contributed by atoms with Crippen LogP contribution in [0.15, 0.2) is 23.0 Å². The van der Waals surface area contributed by atoms with E-state index in [1.165, 1.54) is 11.7 Å². The van der Waals surface area contributed by atoms with Gasteiger partial charge in [-0.25, -0.2) is 0 Å². The Morgan fingerprint density at radius 1 is 1.22 bits per heavy atom. The molecule has 1 heterocycles. The summed E-state index contributed by atoms with van der Waals surface area (Å²) in [5, 5.41) is 9.66. The van der Waals surface area contributed by atoms with Crippen molar-refractivity contribution in [1.29, 1.82) is 5.26 Å². The standard InChI is InChI=1S/C13H12N2O3/c1-15-12-8(4-9(7-14)13(15)16)5-10(17-2)6-11(12)18-3/h4-6H,1-3H3. The van der Waals surface area contributed by atoms with Crippen LogP contribution in [0.25, 0.3) is 10.9 Å². The summed E-state index contributed by atoms with van der Waals surface area (Å²) in [5.74, 6) is 1.15. The maximum absolute atomic E-state index is 11.9. The van der Waals surface area contributed by atoms with E-state index >= 15 is 0 Å². The molecule has 2 aromatic rings. The van der Waals surface area contributed by atoms with Crippen molar-refractivity contribution < 1.29 is 9.47 Å². The first-order valence-electron chi connectivity index (χ1n) is 5.28. The molecule has 5 heteroatoms. The van der Waals surface area contributed by atoms with Crippen LogP contribution >= 0.6 is 0 Å². The van der Waals surface area contributed by atoms with Crippen molar-refractivity contribution in [1.82, 2.24) is 4.57 Å². The zero-order valence-corrected chi connectivity index (χ0v) is 10.4. The average Bonchev–Trinajstić information content (AvgIpc) is 2.41. The number of hydrogen-bond acceptors (Lipinski definition) is 4. The van der Waals surface area contributed by atoms with Gasteiger partial charge in [-0.3, -0.25) is 4.79 Å². The van der Waals surface area contributed by atoms with Gasteiger partial charge in [-0.05, 0) is 12.1 Å². The highest BCUT2D eigenvalue weighted by atomic mass is 16.5. The van der Waals surface area contributed by atoms with Gasteiger partial charge in [-0.1, -0.05) is 0 Å². The van der Waals surface area contributed by atoms with Crippen molar-refractivity contribution in [2.75, 3.05) is 14.2 Å². The highest BCUT2D eigenvalue weighted by molar-refractivity contribution is 5.87. The molecule has 5 nitrogen and oxygen atoms in total. The van der Waals surface area contributed by atoms with E-state index in [0.717, 1.165) is 5.39 Å². The first-order valence-corrected chi connectivity index (χ1v) is 5.28. The Labute approximate surface area is 104 Å². The van der Waals surface area contributed by atoms with Crippen LogP contribution in [-0.2, 0) is 7.05 Å². The molecule has 0 unspecified atom stereocenters. The van der Waals surface area contributed by atoms with Gasteiger partial charge in [0.15, 0.2) is 0 Å². The number of fused-ring (bicyclic) bond motifs is 1. The van der Waals surface area contributed by atoms with Gasteiger partial charge in [-0.15, -0.1) is 0 Å². The Kier molecular flexibility index (Phi) is 2.94. The van der Waals surface area contributed by atoms with E-state index in [-0.39, 0.29) is 11.1 Å². The summed E-state index contributed by atoms with van der Waals surface area (Å²) in [6.07, 6.45) is 0. The SMILES string of the molecule is COc1cc(OC)c2c(c1)cc(C#N)c(=O)n2C. The van der Waals surface area contributed by atoms with Gasteiger partial charge in [0, 0.05) is 18.5 Å². The number of rotatable bonds is 2. The first kappa shape index (κ1) is 12.0. The van der Waals surface area contributed by atoms with Crippen LogP contribution in [0.3, 0.4) is 0 Å². The Morgan fingerprint density at radius 3 is 2.50 bits per heavy atom. The van der Waals surface area contributed by atoms with Gasteiger partial charge >= 0.3 is 0 Å². The summed E-state index contributed by atoms with van der Waals surface area (Å²) >= 11 is 0. The molecule has 0 fully saturated rings. The second-order valence-electron chi connectivity index (χ2n) is 3.80. The Hall–Kier alpha value is -2.48. The van der Waals surface area contributed by atoms with Crippen molar-refractivity contribution in [3.05, 3.63) is 34.1 Å². The molecule has 18 heavy (non-hydrogen) atoms. The lowest BCUT2D eigenvalue weighted by atomic mass is 10.1. The Morgan fingerprint density at radius 2 is 1.94 bits per heavy atom. The number of pyridine rings is 1. The molecule has 1 aromatic heterocycles. The average molecular weight is 244 g/mol. The molecule has 0 spiro atoms. The monoisotopic (exact) mass is 244 g/mol. The lowest BCUT2D eigenvalue weighted by molar-refractivity contribution is 0.396. The third kappa shape index (κ3) is 1.68. The molecule has 0 N–H and O–H groups in total. The molecular weight excluding hydrogens is 232 g/mol. The van der Waals surface area contributed by atoms with E-state index in [9.17, 15) is 4.79 Å². The normalized spacial score (nSPS) is 10.1. The summed E-state index contributed by atoms with van der Waals surface area (Å²) < 4.78 is 11.8. The molecule has 92 valence electrons. The highest BCUT2D eigenvalue weighted by Gasteiger charge is 2.12. The third-order valence-corrected chi connectivity index (χ3v) is 2.82. The van der Waals surface area contributed by atoms with Crippen molar-refractivity contribution in [2.24, 2.45) is 7.05 Å². The van der Waals surface area contributed by atoms with E-state index in [1.54, 1.807) is 32.4 Å². The van der Waals surface area contributed by atoms with E-state index in [1.807, 2.05) is 6.07 Å². The third-order valence-electron chi connectivity index (χ3n) is 2.82. The smallest absolute Gasteiger partial charge is 0.268 e. The lowest BCUT2D eigenvalue weighted by Crippen LogP contribution is -2.20. The predicted octanol–water partition coefficient (Wildman–Crippen LogP) is 1.43. The van der Waals surface area contributed by atoms with Crippen molar-refractivity contribution >= 4 is 10.9 Å². The summed E-state index contributed by atoms with van der Waals surface area (Å²) in [7, 11) is 4.69. The topological polar surface area (TPSA) is 64.2 Å². The van der Waals surface area contributed by atoms with Gasteiger partial charge in [0.2, 0.25) is 0 Å². The number of ether oxygens (including phenoxy) is 2. The highest BCUT2D eigenvalue weighted by Crippen LogP contribution is 2.30. The van der Waals surface area contributed by atoms with Gasteiger partial charge in [-0.2, -0.15) is 5.26 Å². The van der Waals surface area contributed by atoms with E-state index < -0.39 is 0 Å². The fourth-order valence-electron chi connectivity index (χ4n) is 1.93. The molecule has 0 atom stereocenters. The van der Waals surface area contributed by atoms with Crippen molar-refractivity contribution in [3.8, 4) is 17.6 Å². The van der Waals surface area contributed by atoms with Crippen LogP contribution in [0.4, 0.5) is 0 Å². The zero-order valence-electron chi connectivity index (χ0n) is 10.4. The van der Waals surface area contributed by atoms with Gasteiger partial charge in [0.25, 0.3) is 5.56 Å². The van der Waals surface area contributed by atoms with E-state index in [4.69, 9.17) is 14.7 Å². The molecule has 1 aromatic carbocycles. The molecule has 0 bridgehead atoms. The molecule has 0 saturated heterocycles. The largest absolute Gasteiger partial charge is 0.497 e. The maximum Gasteiger partial charge on any atom is 0.268 e. The second-order valence-corrected chi connectivity index (χ2v) is 3.80. The van der Waals surface area contributed by atoms with E-state index in [2.05, 4.69) is 0 Å². The number of aromatic nitrogens is 1. The molecule has 0 aliphatic carbocycles. The lowest BCUT2D eigenvalue weighted by Gasteiger charge is -2.12. The van der Waals surface area contributed by atoms with Crippen LogP contribution in [0, 0.1) is 11.3 Å². The van der Waals surface area contributed by atoms with Gasteiger partial charge in [0.05, 0.1) is 19.7 Å². The molecule has 0 aliphatic rings. The van der Waals surface area contributed by atoms with Crippen LogP contribution in [-0.4, -0.2) is 18.8 Å². The number of benzene rings is 1. The van der Waals surface area contributed by atoms with Crippen LogP contribution in [0.2, 0.25) is 0 Å². The predicted molar refractivity (Wildman–Crippen MR) is 67.0 cm³/mol. The minimum Gasteiger partial charge on any atom is -0.497 e. The molecule has 0 amide bonds. The maximum atomic E-state index is 11.9. The summed E-state index contributed by atoms with van der Waals surface area (Å²) in [4.78, 5) is 11.9. The van der Waals surface area contributed by atoms with Crippen molar-refractivity contribution in [3.63, 3.8) is 0 Å². The van der Waals surface area contributed by atoms with Crippen LogP contribution in [0.1, 0.15) is 5.56 Å². The summed E-state index contributed by atoms with van der Waals surface area (Å²) in [6, 6.07) is 6.90. The molecule has 0 saturated carbocycles. The molecule has 0 radical (unpaired) electrons. The molecule has 0 aliphatic heterocycles. The minimum absolute atomic E-state index is 0.0975. The number of nitrogens with zero attached hydrogens (tertiary/aromatic N) is 2. The van der Waals surface area contributed by atoms with Crippen molar-refractivity contribution in [2.45, 2.75) is 0 Å². The summed E-state index contributed by atoms with van der Waals surface area (Å²) in [5.41, 5.74) is 0.399. The Bertz CT molecular complexity index is 711. The quantitative estimate of drug-likeness (QED) is 0.801. The van der Waals surface area contributed by atoms with Crippen LogP contribution in [0.5, 0.6) is 11.5 Å². The second kappa shape index (κ2) is 4.41. The number of aryl methyl sites for hydroxylation is 1. The fraction of sp³-hybridized carbons (Fsp3) is 0.231. The molecular formula is C13H12N2O3. The Balaban J connectivity index is 2.97. The van der Waals surface area contributed by atoms with Gasteiger partial charge < -0.3 is 14.0 Å². The molecule has 2 rings (SSSR count). The summed E-state index contributed by atoms with van der Waals surface area (Å²) in [6.45, 7) is 0. The number of nitriles is 1. The zero-order chi connectivity index (χ0) is 13.3. The van der Waals surface area contributed by atoms with E-state index in [0.29, 0.717) is 17.0 Å². The van der Waals surface area contributed by atoms with Gasteiger partial charge in [0.1, 0.15) is 23.1 Å². The first-order chi connectivity index (χ1) is 8.62. The van der Waals surface area contributed by atoms with Crippen LogP contribution < -0.4 is 15.0 Å².